The predicted molar refractivity (Wildman–Crippen MR) is 137 cm³/mol. The van der Waals surface area contributed by atoms with Gasteiger partial charge in [0.15, 0.2) is 0 Å². The number of nitrogens with zero attached hydrogens (tertiary/aromatic N) is 5. The molecule has 35 heavy (non-hydrogen) atoms. The quantitative estimate of drug-likeness (QED) is 0.605. The third-order valence-corrected chi connectivity index (χ3v) is 7.02. The lowest BCUT2D eigenvalue weighted by Crippen LogP contribution is -2.39. The summed E-state index contributed by atoms with van der Waals surface area (Å²) in [7, 11) is 0. The summed E-state index contributed by atoms with van der Waals surface area (Å²) >= 11 is 0. The van der Waals surface area contributed by atoms with Gasteiger partial charge in [-0.3, -0.25) is 9.89 Å². The summed E-state index contributed by atoms with van der Waals surface area (Å²) in [6.07, 6.45) is 3.30. The van der Waals surface area contributed by atoms with Crippen LogP contribution in [0.3, 0.4) is 0 Å². The van der Waals surface area contributed by atoms with Crippen molar-refractivity contribution in [2.75, 3.05) is 70.7 Å². The maximum absolute atomic E-state index is 6.05. The highest BCUT2D eigenvalue weighted by atomic mass is 16.5. The summed E-state index contributed by atoms with van der Waals surface area (Å²) in [6, 6.07) is 7.07. The highest BCUT2D eigenvalue weighted by Gasteiger charge is 2.19. The molecule has 0 bridgehead atoms. The Hall–Kier alpha value is -2.55. The third kappa shape index (κ3) is 6.18. The fraction of sp³-hybridized carbons (Fsp3) is 0.593. The fourth-order valence-electron chi connectivity index (χ4n) is 5.14. The van der Waals surface area contributed by atoms with Gasteiger partial charge in [0, 0.05) is 44.5 Å². The molecular weight excluding hydrogens is 442 g/mol. The summed E-state index contributed by atoms with van der Waals surface area (Å²) in [5.74, 6) is 0.899. The first-order valence-electron chi connectivity index (χ1n) is 12.9. The Labute approximate surface area is 208 Å². The number of fused-ring (bicyclic) bond motifs is 1. The molecule has 0 N–H and O–H groups in total. The molecule has 3 heterocycles. The molecule has 2 saturated heterocycles. The summed E-state index contributed by atoms with van der Waals surface area (Å²) in [5, 5.41) is 0. The first-order chi connectivity index (χ1) is 17.2. The zero-order valence-electron chi connectivity index (χ0n) is 21.1. The molecule has 0 radical (unpaired) electrons. The van der Waals surface area contributed by atoms with Crippen LogP contribution in [0, 0.1) is 13.8 Å². The minimum Gasteiger partial charge on any atom is -0.462 e. The Morgan fingerprint density at radius 1 is 0.943 bits per heavy atom. The molecule has 2 aliphatic heterocycles. The van der Waals surface area contributed by atoms with Crippen molar-refractivity contribution in [2.45, 2.75) is 39.7 Å². The number of hydrogen-bond acceptors (Lipinski definition) is 8. The second kappa shape index (κ2) is 11.5. The van der Waals surface area contributed by atoms with Crippen molar-refractivity contribution in [3.8, 4) is 6.01 Å². The van der Waals surface area contributed by atoms with Crippen LogP contribution in [0.1, 0.15) is 40.8 Å². The fourth-order valence-corrected chi connectivity index (χ4v) is 5.14. The molecule has 0 unspecified atom stereocenters. The molecule has 1 aromatic carbocycles. The molecule has 5 rings (SSSR count). The van der Waals surface area contributed by atoms with Gasteiger partial charge in [-0.25, -0.2) is 0 Å². The summed E-state index contributed by atoms with van der Waals surface area (Å²) in [6.45, 7) is 12.9. The zero-order chi connectivity index (χ0) is 24.0. The average molecular weight is 480 g/mol. The van der Waals surface area contributed by atoms with Gasteiger partial charge < -0.3 is 19.1 Å². The van der Waals surface area contributed by atoms with Crippen molar-refractivity contribution in [1.82, 2.24) is 14.9 Å². The smallest absolute Gasteiger partial charge is 0.318 e. The van der Waals surface area contributed by atoms with Crippen molar-refractivity contribution in [3.63, 3.8) is 0 Å². The summed E-state index contributed by atoms with van der Waals surface area (Å²) < 4.78 is 17.0. The highest BCUT2D eigenvalue weighted by molar-refractivity contribution is 6.03. The van der Waals surface area contributed by atoms with E-state index in [1.54, 1.807) is 0 Å². The second-order valence-electron chi connectivity index (χ2n) is 9.63. The van der Waals surface area contributed by atoms with Gasteiger partial charge in [-0.2, -0.15) is 9.97 Å². The Morgan fingerprint density at radius 3 is 2.51 bits per heavy atom. The highest BCUT2D eigenvalue weighted by Crippen LogP contribution is 2.27. The Morgan fingerprint density at radius 2 is 1.71 bits per heavy atom. The van der Waals surface area contributed by atoms with E-state index in [4.69, 9.17) is 29.2 Å². The SMILES string of the molecule is Cc1cc(C)c2c(c1)C(=NCc1cc(N3CCOCC3)nc(OCCN3CCOCC3)n1)CCC2. The molecular formula is C27H37N5O3. The van der Waals surface area contributed by atoms with Crippen molar-refractivity contribution in [3.05, 3.63) is 46.1 Å². The number of rotatable bonds is 7. The van der Waals surface area contributed by atoms with Gasteiger partial charge in [0.25, 0.3) is 0 Å². The maximum Gasteiger partial charge on any atom is 0.318 e. The number of aryl methyl sites for hydroxylation is 2. The number of aromatic nitrogens is 2. The Bertz CT molecular complexity index is 1050. The molecule has 0 atom stereocenters. The van der Waals surface area contributed by atoms with Crippen LogP contribution in [0.25, 0.3) is 0 Å². The van der Waals surface area contributed by atoms with E-state index in [1.165, 1.54) is 28.0 Å². The van der Waals surface area contributed by atoms with Crippen LogP contribution in [0.2, 0.25) is 0 Å². The van der Waals surface area contributed by atoms with Gasteiger partial charge in [0.1, 0.15) is 12.4 Å². The van der Waals surface area contributed by atoms with E-state index in [-0.39, 0.29) is 0 Å². The first kappa shape index (κ1) is 24.2. The van der Waals surface area contributed by atoms with E-state index in [2.05, 4.69) is 41.8 Å². The molecule has 3 aliphatic rings. The molecule has 188 valence electrons. The lowest BCUT2D eigenvalue weighted by molar-refractivity contribution is 0.0317. The van der Waals surface area contributed by atoms with Gasteiger partial charge in [0.2, 0.25) is 0 Å². The number of benzene rings is 1. The molecule has 2 aromatic rings. The van der Waals surface area contributed by atoms with E-state index in [9.17, 15) is 0 Å². The Balaban J connectivity index is 1.34. The lowest BCUT2D eigenvalue weighted by Gasteiger charge is -2.28. The van der Waals surface area contributed by atoms with Gasteiger partial charge in [-0.05, 0) is 55.9 Å². The standard InChI is InChI=1S/C27H37N5O3/c1-20-16-21(2)23-4-3-5-25(24(23)17-20)28-19-22-18-26(32-9-13-34-14-10-32)30-27(29-22)35-15-8-31-6-11-33-12-7-31/h16-18H,3-15,19H2,1-2H3. The van der Waals surface area contributed by atoms with Crippen LogP contribution in [0.5, 0.6) is 6.01 Å². The van der Waals surface area contributed by atoms with Crippen LogP contribution >= 0.6 is 0 Å². The van der Waals surface area contributed by atoms with Crippen LogP contribution in [0.4, 0.5) is 5.82 Å². The van der Waals surface area contributed by atoms with E-state index in [0.29, 0.717) is 32.4 Å². The monoisotopic (exact) mass is 479 g/mol. The van der Waals surface area contributed by atoms with E-state index in [1.807, 2.05) is 0 Å². The molecule has 0 amide bonds. The number of anilines is 1. The maximum atomic E-state index is 6.05. The predicted octanol–water partition coefficient (Wildman–Crippen LogP) is 2.97. The largest absolute Gasteiger partial charge is 0.462 e. The second-order valence-corrected chi connectivity index (χ2v) is 9.63. The van der Waals surface area contributed by atoms with Crippen molar-refractivity contribution in [2.24, 2.45) is 4.99 Å². The van der Waals surface area contributed by atoms with Crippen molar-refractivity contribution >= 4 is 11.5 Å². The van der Waals surface area contributed by atoms with Crippen molar-refractivity contribution < 1.29 is 14.2 Å². The summed E-state index contributed by atoms with van der Waals surface area (Å²) in [5.41, 5.74) is 7.53. The molecule has 2 fully saturated rings. The molecule has 1 aliphatic carbocycles. The van der Waals surface area contributed by atoms with Crippen molar-refractivity contribution in [1.29, 1.82) is 0 Å². The molecule has 1 aromatic heterocycles. The first-order valence-corrected chi connectivity index (χ1v) is 12.9. The summed E-state index contributed by atoms with van der Waals surface area (Å²) in [4.78, 5) is 19.2. The van der Waals surface area contributed by atoms with Crippen LogP contribution < -0.4 is 9.64 Å². The molecule has 8 heteroatoms. The lowest BCUT2D eigenvalue weighted by atomic mass is 9.86. The van der Waals surface area contributed by atoms with E-state index < -0.39 is 0 Å². The molecule has 8 nitrogen and oxygen atoms in total. The molecule has 0 saturated carbocycles. The minimum atomic E-state index is 0.438. The molecule has 0 spiro atoms. The van der Waals surface area contributed by atoms with E-state index in [0.717, 1.165) is 76.7 Å². The van der Waals surface area contributed by atoms with Crippen LogP contribution in [-0.4, -0.2) is 86.3 Å². The Kier molecular flexibility index (Phi) is 7.91. The van der Waals surface area contributed by atoms with Crippen LogP contribution in [-0.2, 0) is 22.4 Å². The normalized spacial score (nSPS) is 20.2. The van der Waals surface area contributed by atoms with Gasteiger partial charge >= 0.3 is 6.01 Å². The number of aliphatic imine (C=N–C) groups is 1. The van der Waals surface area contributed by atoms with Gasteiger partial charge in [0.05, 0.1) is 38.7 Å². The van der Waals surface area contributed by atoms with Gasteiger partial charge in [-0.15, -0.1) is 0 Å². The third-order valence-electron chi connectivity index (χ3n) is 7.02. The number of ether oxygens (including phenoxy) is 3. The average Bonchev–Trinajstić information content (AvgIpc) is 2.88. The minimum absolute atomic E-state index is 0.438. The topological polar surface area (TPSA) is 72.3 Å². The number of hydrogen-bond donors (Lipinski definition) is 0. The van der Waals surface area contributed by atoms with Crippen LogP contribution in [0.15, 0.2) is 23.2 Å². The van der Waals surface area contributed by atoms with E-state index >= 15 is 0 Å². The van der Waals surface area contributed by atoms with Gasteiger partial charge in [-0.1, -0.05) is 11.6 Å². The number of morpholine rings is 2. The zero-order valence-corrected chi connectivity index (χ0v) is 21.1.